The maximum Gasteiger partial charge on any atom is 0.147 e. The van der Waals surface area contributed by atoms with Crippen molar-refractivity contribution < 1.29 is 4.39 Å². The lowest BCUT2D eigenvalue weighted by Crippen LogP contribution is -2.10. The van der Waals surface area contributed by atoms with Gasteiger partial charge in [0.1, 0.15) is 10.8 Å². The molecule has 0 spiro atoms. The van der Waals surface area contributed by atoms with Gasteiger partial charge in [-0.05, 0) is 36.2 Å². The lowest BCUT2D eigenvalue weighted by molar-refractivity contribution is 0.631. The number of halogens is 1. The second kappa shape index (κ2) is 6.48. The number of anilines is 2. The van der Waals surface area contributed by atoms with Gasteiger partial charge >= 0.3 is 0 Å². The Morgan fingerprint density at radius 1 is 1.20 bits per heavy atom. The molecule has 0 atom stereocenters. The van der Waals surface area contributed by atoms with Crippen LogP contribution in [-0.4, -0.2) is 4.99 Å². The SMILES string of the molecule is CCCc1ccccc1Nc1ccc(C(N)=S)cc1F. The molecule has 104 valence electrons. The molecule has 0 saturated heterocycles. The predicted octanol–water partition coefficient (Wildman–Crippen LogP) is 4.16. The fourth-order valence-electron chi connectivity index (χ4n) is 2.04. The first-order chi connectivity index (χ1) is 9.61. The van der Waals surface area contributed by atoms with Crippen molar-refractivity contribution in [3.63, 3.8) is 0 Å². The number of hydrogen-bond acceptors (Lipinski definition) is 2. The zero-order chi connectivity index (χ0) is 14.5. The summed E-state index contributed by atoms with van der Waals surface area (Å²) in [6.45, 7) is 2.12. The first-order valence-corrected chi connectivity index (χ1v) is 6.97. The van der Waals surface area contributed by atoms with E-state index in [1.807, 2.05) is 24.3 Å². The van der Waals surface area contributed by atoms with Crippen LogP contribution >= 0.6 is 12.2 Å². The Kier molecular flexibility index (Phi) is 4.69. The van der Waals surface area contributed by atoms with Gasteiger partial charge in [-0.3, -0.25) is 0 Å². The molecular weight excluding hydrogens is 271 g/mol. The fourth-order valence-corrected chi connectivity index (χ4v) is 2.17. The van der Waals surface area contributed by atoms with E-state index < -0.39 is 0 Å². The maximum absolute atomic E-state index is 14.0. The molecule has 0 aliphatic heterocycles. The third-order valence-corrected chi connectivity index (χ3v) is 3.30. The van der Waals surface area contributed by atoms with E-state index in [9.17, 15) is 4.39 Å². The molecule has 0 radical (unpaired) electrons. The number of nitrogens with two attached hydrogens (primary N) is 1. The Morgan fingerprint density at radius 2 is 1.95 bits per heavy atom. The van der Waals surface area contributed by atoms with E-state index in [1.54, 1.807) is 12.1 Å². The van der Waals surface area contributed by atoms with E-state index in [-0.39, 0.29) is 10.8 Å². The highest BCUT2D eigenvalue weighted by Gasteiger charge is 2.07. The van der Waals surface area contributed by atoms with Crippen LogP contribution in [0.1, 0.15) is 24.5 Å². The Bertz CT molecular complexity index is 626. The summed E-state index contributed by atoms with van der Waals surface area (Å²) in [5.41, 5.74) is 8.55. The second-order valence-electron chi connectivity index (χ2n) is 4.59. The number of hydrogen-bond donors (Lipinski definition) is 2. The smallest absolute Gasteiger partial charge is 0.147 e. The summed E-state index contributed by atoms with van der Waals surface area (Å²) in [5, 5.41) is 3.13. The van der Waals surface area contributed by atoms with Crippen molar-refractivity contribution in [1.29, 1.82) is 0 Å². The normalized spacial score (nSPS) is 10.3. The number of thiocarbonyl (C=S) groups is 1. The van der Waals surface area contributed by atoms with Crippen molar-refractivity contribution in [2.45, 2.75) is 19.8 Å². The van der Waals surface area contributed by atoms with Crippen LogP contribution in [0.4, 0.5) is 15.8 Å². The third kappa shape index (κ3) is 3.33. The highest BCUT2D eigenvalue weighted by molar-refractivity contribution is 7.80. The molecule has 4 heteroatoms. The van der Waals surface area contributed by atoms with Gasteiger partial charge in [-0.2, -0.15) is 0 Å². The largest absolute Gasteiger partial charge is 0.389 e. The van der Waals surface area contributed by atoms with Gasteiger partial charge in [0.25, 0.3) is 0 Å². The number of aryl methyl sites for hydroxylation is 1. The van der Waals surface area contributed by atoms with Gasteiger partial charge in [-0.15, -0.1) is 0 Å². The molecule has 0 aromatic heterocycles. The topological polar surface area (TPSA) is 38.0 Å². The zero-order valence-electron chi connectivity index (χ0n) is 11.3. The summed E-state index contributed by atoms with van der Waals surface area (Å²) in [5.74, 6) is -0.360. The van der Waals surface area contributed by atoms with Crippen LogP contribution in [0.5, 0.6) is 0 Å². The molecule has 2 nitrogen and oxygen atoms in total. The molecular formula is C16H17FN2S. The van der Waals surface area contributed by atoms with Gasteiger partial charge in [-0.25, -0.2) is 4.39 Å². The minimum Gasteiger partial charge on any atom is -0.389 e. The van der Waals surface area contributed by atoms with Gasteiger partial charge in [0.15, 0.2) is 0 Å². The predicted molar refractivity (Wildman–Crippen MR) is 86.0 cm³/mol. The quantitative estimate of drug-likeness (QED) is 0.811. The molecule has 0 aliphatic rings. The highest BCUT2D eigenvalue weighted by atomic mass is 32.1. The van der Waals surface area contributed by atoms with E-state index in [4.69, 9.17) is 18.0 Å². The summed E-state index contributed by atoms with van der Waals surface area (Å²) >= 11 is 4.84. The summed E-state index contributed by atoms with van der Waals surface area (Å²) < 4.78 is 14.0. The van der Waals surface area contributed by atoms with Crippen molar-refractivity contribution in [2.24, 2.45) is 5.73 Å². The van der Waals surface area contributed by atoms with Crippen LogP contribution in [-0.2, 0) is 6.42 Å². The first-order valence-electron chi connectivity index (χ1n) is 6.56. The molecule has 2 aromatic rings. The molecule has 2 rings (SSSR count). The Balaban J connectivity index is 2.28. The van der Waals surface area contributed by atoms with Gasteiger partial charge in [0, 0.05) is 11.3 Å². The minimum atomic E-state index is -0.360. The molecule has 3 N–H and O–H groups in total. The van der Waals surface area contributed by atoms with Crippen molar-refractivity contribution in [3.8, 4) is 0 Å². The van der Waals surface area contributed by atoms with Crippen LogP contribution in [0.3, 0.4) is 0 Å². The van der Waals surface area contributed by atoms with Gasteiger partial charge in [0.05, 0.1) is 5.69 Å². The Morgan fingerprint density at radius 3 is 2.60 bits per heavy atom. The zero-order valence-corrected chi connectivity index (χ0v) is 12.1. The molecule has 0 unspecified atom stereocenters. The Hall–Kier alpha value is -1.94. The average Bonchev–Trinajstić information content (AvgIpc) is 2.43. The van der Waals surface area contributed by atoms with Gasteiger partial charge in [-0.1, -0.05) is 43.8 Å². The van der Waals surface area contributed by atoms with E-state index in [0.717, 1.165) is 18.5 Å². The summed E-state index contributed by atoms with van der Waals surface area (Å²) in [6, 6.07) is 12.7. The van der Waals surface area contributed by atoms with Crippen LogP contribution in [0.15, 0.2) is 42.5 Å². The number of benzene rings is 2. The molecule has 2 aromatic carbocycles. The Labute approximate surface area is 123 Å². The monoisotopic (exact) mass is 288 g/mol. The molecule has 0 saturated carbocycles. The highest BCUT2D eigenvalue weighted by Crippen LogP contribution is 2.24. The van der Waals surface area contributed by atoms with Gasteiger partial charge in [0.2, 0.25) is 0 Å². The molecule has 0 amide bonds. The summed E-state index contributed by atoms with van der Waals surface area (Å²) in [6.07, 6.45) is 2.00. The lowest BCUT2D eigenvalue weighted by Gasteiger charge is -2.12. The van der Waals surface area contributed by atoms with Crippen LogP contribution in [0.2, 0.25) is 0 Å². The lowest BCUT2D eigenvalue weighted by atomic mass is 10.1. The summed E-state index contributed by atoms with van der Waals surface area (Å²) in [7, 11) is 0. The van der Waals surface area contributed by atoms with Crippen LogP contribution < -0.4 is 11.1 Å². The fraction of sp³-hybridized carbons (Fsp3) is 0.188. The van der Waals surface area contributed by atoms with Crippen molar-refractivity contribution in [3.05, 3.63) is 59.4 Å². The maximum atomic E-state index is 14.0. The van der Waals surface area contributed by atoms with Crippen LogP contribution in [0.25, 0.3) is 0 Å². The van der Waals surface area contributed by atoms with E-state index in [0.29, 0.717) is 11.3 Å². The number of para-hydroxylation sites is 1. The number of nitrogens with one attached hydrogen (secondary N) is 1. The average molecular weight is 288 g/mol. The first kappa shape index (κ1) is 14.5. The summed E-state index contributed by atoms with van der Waals surface area (Å²) in [4.78, 5) is 0.196. The van der Waals surface area contributed by atoms with Crippen molar-refractivity contribution >= 4 is 28.6 Å². The van der Waals surface area contributed by atoms with Gasteiger partial charge < -0.3 is 11.1 Å². The molecule has 0 fully saturated rings. The van der Waals surface area contributed by atoms with E-state index in [2.05, 4.69) is 12.2 Å². The van der Waals surface area contributed by atoms with Crippen molar-refractivity contribution in [2.75, 3.05) is 5.32 Å². The third-order valence-electron chi connectivity index (χ3n) is 3.06. The minimum absolute atomic E-state index is 0.196. The molecule has 0 aliphatic carbocycles. The van der Waals surface area contributed by atoms with E-state index in [1.165, 1.54) is 11.6 Å². The second-order valence-corrected chi connectivity index (χ2v) is 5.03. The van der Waals surface area contributed by atoms with Crippen LogP contribution in [0, 0.1) is 5.82 Å². The van der Waals surface area contributed by atoms with Crippen molar-refractivity contribution in [1.82, 2.24) is 0 Å². The number of rotatable bonds is 5. The molecule has 20 heavy (non-hydrogen) atoms. The molecule has 0 heterocycles. The van der Waals surface area contributed by atoms with E-state index >= 15 is 0 Å². The molecule has 0 bridgehead atoms. The standard InChI is InChI=1S/C16H17FN2S/c1-2-5-11-6-3-4-7-14(11)19-15-9-8-12(16(18)20)10-13(15)17/h3-4,6-10,19H,2,5H2,1H3,(H2,18,20).